The number of halogens is 1. The van der Waals surface area contributed by atoms with E-state index in [4.69, 9.17) is 11.6 Å². The van der Waals surface area contributed by atoms with Gasteiger partial charge < -0.3 is 0 Å². The molecule has 0 aliphatic heterocycles. The van der Waals surface area contributed by atoms with Crippen molar-refractivity contribution >= 4 is 19.5 Å². The normalized spacial score (nSPS) is 8.00. The molecule has 0 spiro atoms. The Kier molecular flexibility index (Phi) is 11.2. The first-order chi connectivity index (χ1) is 2.27. The van der Waals surface area contributed by atoms with E-state index in [9.17, 15) is 0 Å². The Balaban J connectivity index is 0. The van der Waals surface area contributed by atoms with Gasteiger partial charge in [0, 0.05) is 28.0 Å². The molecular weight excluding hydrogens is 299 g/mol. The Morgan fingerprint density at radius 2 is 1.67 bits per heavy atom. The van der Waals surface area contributed by atoms with E-state index in [1.165, 1.54) is 0 Å². The minimum atomic E-state index is 0. The molecule has 3 heteroatoms. The van der Waals surface area contributed by atoms with E-state index in [1.54, 1.807) is 0 Å². The van der Waals surface area contributed by atoms with Gasteiger partial charge in [-0.2, -0.15) is 0 Å². The van der Waals surface area contributed by atoms with Crippen molar-refractivity contribution in [2.24, 2.45) is 0 Å². The second-order valence-corrected chi connectivity index (χ2v) is 4.31. The van der Waals surface area contributed by atoms with Crippen LogP contribution in [0.5, 0.6) is 0 Å². The number of alkyl halides is 1. The van der Waals surface area contributed by atoms with Gasteiger partial charge in [0.05, 0.1) is 0 Å². The minimum Gasteiger partial charge on any atom is -0.122 e. The van der Waals surface area contributed by atoms with Gasteiger partial charge in [0.1, 0.15) is 0 Å². The van der Waals surface area contributed by atoms with E-state index >= 15 is 0 Å². The summed E-state index contributed by atoms with van der Waals surface area (Å²) < 4.78 is 0. The Morgan fingerprint density at radius 1 is 1.50 bits per heavy atom. The summed E-state index contributed by atoms with van der Waals surface area (Å²) in [5, 5.41) is 0. The first-order valence-corrected chi connectivity index (χ1v) is 4.43. The molecule has 0 rings (SSSR count). The fraction of sp³-hybridized carbons (Fsp3) is 1.00. The summed E-state index contributed by atoms with van der Waals surface area (Å²) in [6.45, 7) is 4.31. The van der Waals surface area contributed by atoms with Gasteiger partial charge in [-0.25, -0.2) is 0 Å². The van der Waals surface area contributed by atoms with Crippen LogP contribution in [0.4, 0.5) is 0 Å². The van der Waals surface area contributed by atoms with Gasteiger partial charge in [0.2, 0.25) is 0 Å². The van der Waals surface area contributed by atoms with E-state index in [-0.39, 0.29) is 30.3 Å². The average molecular weight is 307 g/mol. The zero-order valence-corrected chi connectivity index (χ0v) is 7.65. The standard InChI is InChI=1S/C3H8ClP.Au/c1-5(2)3-4;/h3H2,1-2H3;. The first kappa shape index (κ1) is 10.4. The van der Waals surface area contributed by atoms with Crippen molar-refractivity contribution in [2.45, 2.75) is 0 Å². The van der Waals surface area contributed by atoms with Crippen LogP contribution >= 0.6 is 19.5 Å². The third-order valence-electron chi connectivity index (χ3n) is 0.239. The molecule has 0 amide bonds. The molecule has 0 aliphatic carbocycles. The molecule has 0 aromatic heterocycles. The van der Waals surface area contributed by atoms with E-state index < -0.39 is 0 Å². The molecule has 0 atom stereocenters. The third-order valence-corrected chi connectivity index (χ3v) is 2.15. The van der Waals surface area contributed by atoms with Gasteiger partial charge in [0.25, 0.3) is 0 Å². The van der Waals surface area contributed by atoms with Crippen LogP contribution in [0.2, 0.25) is 0 Å². The largest absolute Gasteiger partial charge is 0.122 e. The van der Waals surface area contributed by atoms with Crippen LogP contribution in [-0.2, 0) is 22.4 Å². The molecule has 0 nitrogen and oxygen atoms in total. The molecule has 0 saturated heterocycles. The zero-order valence-electron chi connectivity index (χ0n) is 3.83. The molecule has 0 aromatic rings. The number of hydrogen-bond acceptors (Lipinski definition) is 0. The molecule has 0 fully saturated rings. The van der Waals surface area contributed by atoms with Crippen LogP contribution in [0, 0.1) is 0 Å². The average Bonchev–Trinajstić information content (AvgIpc) is 1.38. The van der Waals surface area contributed by atoms with Crippen molar-refractivity contribution in [3.05, 3.63) is 0 Å². The van der Waals surface area contributed by atoms with Crippen LogP contribution in [0.1, 0.15) is 0 Å². The van der Waals surface area contributed by atoms with E-state index in [0.717, 1.165) is 5.62 Å². The van der Waals surface area contributed by atoms with Crippen LogP contribution in [0.15, 0.2) is 0 Å². The van der Waals surface area contributed by atoms with E-state index in [1.807, 2.05) is 0 Å². The quantitative estimate of drug-likeness (QED) is 0.394. The van der Waals surface area contributed by atoms with Crippen LogP contribution in [0.25, 0.3) is 0 Å². The van der Waals surface area contributed by atoms with Crippen molar-refractivity contribution in [1.82, 2.24) is 0 Å². The van der Waals surface area contributed by atoms with Crippen molar-refractivity contribution in [1.29, 1.82) is 0 Å². The van der Waals surface area contributed by atoms with Gasteiger partial charge in [-0.3, -0.25) is 0 Å². The summed E-state index contributed by atoms with van der Waals surface area (Å²) in [6, 6.07) is 0. The predicted molar refractivity (Wildman–Crippen MR) is 29.5 cm³/mol. The van der Waals surface area contributed by atoms with Gasteiger partial charge in [-0.15, -0.1) is 11.6 Å². The summed E-state index contributed by atoms with van der Waals surface area (Å²) in [6.07, 6.45) is 0. The second kappa shape index (κ2) is 6.46. The zero-order chi connectivity index (χ0) is 4.28. The van der Waals surface area contributed by atoms with Crippen LogP contribution in [0.3, 0.4) is 0 Å². The van der Waals surface area contributed by atoms with E-state index in [2.05, 4.69) is 13.3 Å². The molecule has 0 N–H and O–H groups in total. The molecule has 0 unspecified atom stereocenters. The van der Waals surface area contributed by atoms with Crippen molar-refractivity contribution in [3.63, 3.8) is 0 Å². The SMILES string of the molecule is CP(C)CCl.[Au]. The number of rotatable bonds is 1. The molecule has 0 aromatic carbocycles. The summed E-state index contributed by atoms with van der Waals surface area (Å²) in [4.78, 5) is 0. The molecule has 0 aliphatic rings. The summed E-state index contributed by atoms with van der Waals surface area (Å²) >= 11 is 5.37. The molecule has 0 heterocycles. The van der Waals surface area contributed by atoms with Crippen LogP contribution in [-0.4, -0.2) is 19.0 Å². The van der Waals surface area contributed by atoms with Crippen LogP contribution < -0.4 is 0 Å². The maximum absolute atomic E-state index is 5.37. The predicted octanol–water partition coefficient (Wildman–Crippen LogP) is 1.92. The summed E-state index contributed by atoms with van der Waals surface area (Å²) in [5.41, 5.74) is 0.843. The Bertz CT molecular complexity index is 24.8. The Hall–Kier alpha value is 1.46. The van der Waals surface area contributed by atoms with Gasteiger partial charge in [-0.05, 0) is 13.3 Å². The fourth-order valence-electron chi connectivity index (χ4n) is 0. The van der Waals surface area contributed by atoms with Crippen molar-refractivity contribution in [2.75, 3.05) is 19.0 Å². The number of hydrogen-bond donors (Lipinski definition) is 0. The monoisotopic (exact) mass is 307 g/mol. The maximum atomic E-state index is 5.37. The Morgan fingerprint density at radius 3 is 1.67 bits per heavy atom. The second-order valence-electron chi connectivity index (χ2n) is 1.20. The summed E-state index contributed by atoms with van der Waals surface area (Å²) in [7, 11) is 0.167. The molecule has 43 valence electrons. The van der Waals surface area contributed by atoms with Gasteiger partial charge >= 0.3 is 0 Å². The molecular formula is C3H8AuClP. The summed E-state index contributed by atoms with van der Waals surface area (Å²) in [5.74, 6) is 0. The topological polar surface area (TPSA) is 0 Å². The van der Waals surface area contributed by atoms with Crippen molar-refractivity contribution in [3.8, 4) is 0 Å². The molecule has 0 saturated carbocycles. The molecule has 1 radical (unpaired) electrons. The van der Waals surface area contributed by atoms with Crippen molar-refractivity contribution < 1.29 is 22.4 Å². The smallest absolute Gasteiger partial charge is 0.0418 e. The first-order valence-electron chi connectivity index (χ1n) is 1.48. The van der Waals surface area contributed by atoms with Gasteiger partial charge in [0.15, 0.2) is 0 Å². The molecule has 6 heavy (non-hydrogen) atoms. The minimum absolute atomic E-state index is 0. The maximum Gasteiger partial charge on any atom is 0.0418 e. The van der Waals surface area contributed by atoms with E-state index in [0.29, 0.717) is 0 Å². The van der Waals surface area contributed by atoms with Gasteiger partial charge in [-0.1, -0.05) is 7.92 Å². The Labute approximate surface area is 60.9 Å². The third kappa shape index (κ3) is 9.07. The molecule has 0 bridgehead atoms. The fourth-order valence-corrected chi connectivity index (χ4v) is 0.